The summed E-state index contributed by atoms with van der Waals surface area (Å²) < 4.78 is 5.87. The van der Waals surface area contributed by atoms with Gasteiger partial charge in [-0.3, -0.25) is 0 Å². The minimum Gasteiger partial charge on any atom is -0.371 e. The van der Waals surface area contributed by atoms with E-state index in [9.17, 15) is 0 Å². The first kappa shape index (κ1) is 12.3. The molecule has 84 valence electrons. The molecule has 1 atom stereocenters. The molecule has 1 aliphatic rings. The highest BCUT2D eigenvalue weighted by molar-refractivity contribution is 6.17. The predicted molar refractivity (Wildman–Crippen MR) is 61.0 cm³/mol. The Hall–Kier alpha value is 0.210. The molecule has 0 aromatic carbocycles. The SMILES string of the molecule is CC1(C)CCC(CNCCCCCl)O1. The van der Waals surface area contributed by atoms with E-state index in [4.69, 9.17) is 16.3 Å². The van der Waals surface area contributed by atoms with Crippen LogP contribution in [0.25, 0.3) is 0 Å². The fraction of sp³-hybridized carbons (Fsp3) is 1.00. The lowest BCUT2D eigenvalue weighted by molar-refractivity contribution is -0.0141. The summed E-state index contributed by atoms with van der Waals surface area (Å²) >= 11 is 5.59. The van der Waals surface area contributed by atoms with Gasteiger partial charge in [0.25, 0.3) is 0 Å². The van der Waals surface area contributed by atoms with Gasteiger partial charge in [0, 0.05) is 12.4 Å². The summed E-state index contributed by atoms with van der Waals surface area (Å²) in [5.41, 5.74) is 0.0997. The van der Waals surface area contributed by atoms with Crippen molar-refractivity contribution in [2.45, 2.75) is 51.2 Å². The van der Waals surface area contributed by atoms with Crippen LogP contribution < -0.4 is 5.32 Å². The number of ether oxygens (including phenoxy) is 1. The van der Waals surface area contributed by atoms with Crippen molar-refractivity contribution in [2.75, 3.05) is 19.0 Å². The zero-order valence-electron chi connectivity index (χ0n) is 9.31. The van der Waals surface area contributed by atoms with Gasteiger partial charge in [0.05, 0.1) is 11.7 Å². The predicted octanol–water partition coefficient (Wildman–Crippen LogP) is 2.55. The van der Waals surface area contributed by atoms with Crippen LogP contribution in [0, 0.1) is 0 Å². The molecule has 1 unspecified atom stereocenters. The van der Waals surface area contributed by atoms with E-state index in [0.717, 1.165) is 25.4 Å². The number of alkyl halides is 1. The molecule has 0 radical (unpaired) electrons. The third-order valence-electron chi connectivity index (χ3n) is 2.66. The first-order valence-corrected chi connectivity index (χ1v) is 6.12. The van der Waals surface area contributed by atoms with Gasteiger partial charge in [-0.2, -0.15) is 0 Å². The molecule has 14 heavy (non-hydrogen) atoms. The summed E-state index contributed by atoms with van der Waals surface area (Å²) in [6.45, 7) is 6.39. The Balaban J connectivity index is 1.98. The number of rotatable bonds is 6. The summed E-state index contributed by atoms with van der Waals surface area (Å²) in [5, 5.41) is 3.42. The van der Waals surface area contributed by atoms with E-state index < -0.39 is 0 Å². The zero-order chi connectivity index (χ0) is 10.4. The van der Waals surface area contributed by atoms with Crippen molar-refractivity contribution >= 4 is 11.6 Å². The molecular weight excluding hydrogens is 198 g/mol. The lowest BCUT2D eigenvalue weighted by Gasteiger charge is -2.19. The van der Waals surface area contributed by atoms with Crippen LogP contribution in [0.4, 0.5) is 0 Å². The Morgan fingerprint density at radius 3 is 2.79 bits per heavy atom. The molecular formula is C11H22ClNO. The standard InChI is InChI=1S/C11H22ClNO/c1-11(2)6-5-10(14-11)9-13-8-4-3-7-12/h10,13H,3-9H2,1-2H3. The van der Waals surface area contributed by atoms with E-state index in [1.807, 2.05) is 0 Å². The first-order chi connectivity index (χ1) is 6.64. The third kappa shape index (κ3) is 4.63. The van der Waals surface area contributed by atoms with E-state index >= 15 is 0 Å². The molecule has 2 nitrogen and oxygen atoms in total. The van der Waals surface area contributed by atoms with Gasteiger partial charge in [0.1, 0.15) is 0 Å². The van der Waals surface area contributed by atoms with Crippen LogP contribution in [0.2, 0.25) is 0 Å². The molecule has 0 aromatic heterocycles. The lowest BCUT2D eigenvalue weighted by Crippen LogP contribution is -2.29. The molecule has 0 aliphatic carbocycles. The fourth-order valence-electron chi connectivity index (χ4n) is 1.83. The third-order valence-corrected chi connectivity index (χ3v) is 2.93. The van der Waals surface area contributed by atoms with E-state index in [-0.39, 0.29) is 5.60 Å². The molecule has 1 N–H and O–H groups in total. The maximum atomic E-state index is 5.87. The van der Waals surface area contributed by atoms with E-state index in [2.05, 4.69) is 19.2 Å². The van der Waals surface area contributed by atoms with E-state index in [0.29, 0.717) is 6.10 Å². The number of unbranched alkanes of at least 4 members (excludes halogenated alkanes) is 1. The van der Waals surface area contributed by atoms with Crippen molar-refractivity contribution in [2.24, 2.45) is 0 Å². The second-order valence-electron chi connectivity index (χ2n) is 4.64. The first-order valence-electron chi connectivity index (χ1n) is 5.58. The lowest BCUT2D eigenvalue weighted by atomic mass is 10.1. The van der Waals surface area contributed by atoms with Gasteiger partial charge >= 0.3 is 0 Å². The second-order valence-corrected chi connectivity index (χ2v) is 5.02. The average molecular weight is 220 g/mol. The summed E-state index contributed by atoms with van der Waals surface area (Å²) in [6, 6.07) is 0. The number of halogens is 1. The smallest absolute Gasteiger partial charge is 0.0707 e. The van der Waals surface area contributed by atoms with Crippen LogP contribution in [-0.4, -0.2) is 30.7 Å². The van der Waals surface area contributed by atoms with Crippen molar-refractivity contribution in [1.29, 1.82) is 0 Å². The Bertz CT molecular complexity index is 161. The molecule has 1 saturated heterocycles. The monoisotopic (exact) mass is 219 g/mol. The summed E-state index contributed by atoms with van der Waals surface area (Å²) in [5.74, 6) is 0.772. The van der Waals surface area contributed by atoms with E-state index in [1.54, 1.807) is 0 Å². The topological polar surface area (TPSA) is 21.3 Å². The van der Waals surface area contributed by atoms with Gasteiger partial charge in [-0.25, -0.2) is 0 Å². The van der Waals surface area contributed by atoms with Gasteiger partial charge < -0.3 is 10.1 Å². The van der Waals surface area contributed by atoms with Crippen molar-refractivity contribution < 1.29 is 4.74 Å². The Morgan fingerprint density at radius 1 is 1.43 bits per heavy atom. The highest BCUT2D eigenvalue weighted by atomic mass is 35.5. The van der Waals surface area contributed by atoms with Gasteiger partial charge in [0.15, 0.2) is 0 Å². The molecule has 3 heteroatoms. The quantitative estimate of drug-likeness (QED) is 0.548. The minimum absolute atomic E-state index is 0.0997. The van der Waals surface area contributed by atoms with Gasteiger partial charge in [-0.05, 0) is 46.1 Å². The Labute approximate surface area is 92.3 Å². The normalized spacial score (nSPS) is 25.5. The van der Waals surface area contributed by atoms with Crippen molar-refractivity contribution in [3.63, 3.8) is 0 Å². The van der Waals surface area contributed by atoms with E-state index in [1.165, 1.54) is 19.3 Å². The molecule has 0 saturated carbocycles. The highest BCUT2D eigenvalue weighted by Crippen LogP contribution is 2.28. The minimum atomic E-state index is 0.0997. The maximum Gasteiger partial charge on any atom is 0.0707 e. The summed E-state index contributed by atoms with van der Waals surface area (Å²) in [4.78, 5) is 0. The average Bonchev–Trinajstić information content (AvgIpc) is 2.45. The van der Waals surface area contributed by atoms with Gasteiger partial charge in [0.2, 0.25) is 0 Å². The van der Waals surface area contributed by atoms with Crippen LogP contribution in [-0.2, 0) is 4.74 Å². The van der Waals surface area contributed by atoms with Crippen LogP contribution in [0.1, 0.15) is 39.5 Å². The molecule has 0 aromatic rings. The molecule has 1 rings (SSSR count). The zero-order valence-corrected chi connectivity index (χ0v) is 10.1. The molecule has 1 heterocycles. The fourth-order valence-corrected chi connectivity index (χ4v) is 2.02. The summed E-state index contributed by atoms with van der Waals surface area (Å²) in [6.07, 6.45) is 5.06. The second kappa shape index (κ2) is 5.94. The molecule has 0 bridgehead atoms. The van der Waals surface area contributed by atoms with Crippen molar-refractivity contribution in [3.8, 4) is 0 Å². The number of hydrogen-bond donors (Lipinski definition) is 1. The van der Waals surface area contributed by atoms with Crippen LogP contribution >= 0.6 is 11.6 Å². The van der Waals surface area contributed by atoms with Gasteiger partial charge in [-0.1, -0.05) is 0 Å². The van der Waals surface area contributed by atoms with Crippen molar-refractivity contribution in [3.05, 3.63) is 0 Å². The van der Waals surface area contributed by atoms with Crippen LogP contribution in [0.15, 0.2) is 0 Å². The van der Waals surface area contributed by atoms with Crippen LogP contribution in [0.5, 0.6) is 0 Å². The summed E-state index contributed by atoms with van der Waals surface area (Å²) in [7, 11) is 0. The molecule has 0 spiro atoms. The molecule has 1 aliphatic heterocycles. The highest BCUT2D eigenvalue weighted by Gasteiger charge is 2.30. The van der Waals surface area contributed by atoms with Crippen molar-refractivity contribution in [1.82, 2.24) is 5.32 Å². The number of nitrogens with one attached hydrogen (secondary N) is 1. The Kier molecular flexibility index (Phi) is 5.21. The van der Waals surface area contributed by atoms with Gasteiger partial charge in [-0.15, -0.1) is 11.6 Å². The molecule has 1 fully saturated rings. The number of hydrogen-bond acceptors (Lipinski definition) is 2. The molecule has 0 amide bonds. The van der Waals surface area contributed by atoms with Crippen LogP contribution in [0.3, 0.4) is 0 Å². The maximum absolute atomic E-state index is 5.87. The Morgan fingerprint density at radius 2 is 2.21 bits per heavy atom. The largest absolute Gasteiger partial charge is 0.371 e.